The maximum atomic E-state index is 14.4. The largest absolute Gasteiger partial charge is 0.496 e. The normalized spacial score (nSPS) is 23.8. The number of carbonyl (C=O) groups excluding carboxylic acids is 5. The number of aryl methyl sites for hydroxylation is 2. The molecule has 2 aromatic heterocycles. The van der Waals surface area contributed by atoms with Crippen LogP contribution in [0, 0.1) is 29.6 Å². The van der Waals surface area contributed by atoms with E-state index in [1.807, 2.05) is 30.0 Å². The Morgan fingerprint density at radius 3 is 2.45 bits per heavy atom. The number of carbonyl (C=O) groups is 5. The number of aromatic nitrogens is 3. The highest BCUT2D eigenvalue weighted by Gasteiger charge is 2.42. The molecule has 17 heteroatoms. The number of hydrogen-bond donors (Lipinski definition) is 3. The van der Waals surface area contributed by atoms with Crippen molar-refractivity contribution in [2.24, 2.45) is 30.5 Å². The van der Waals surface area contributed by atoms with Gasteiger partial charge in [0.2, 0.25) is 23.6 Å². The minimum absolute atomic E-state index is 0.00581. The van der Waals surface area contributed by atoms with Crippen molar-refractivity contribution in [3.63, 3.8) is 0 Å². The maximum absolute atomic E-state index is 14.4. The van der Waals surface area contributed by atoms with Gasteiger partial charge in [0.1, 0.15) is 18.4 Å². The Balaban J connectivity index is 0.812. The van der Waals surface area contributed by atoms with Gasteiger partial charge in [-0.15, -0.1) is 0 Å². The van der Waals surface area contributed by atoms with Crippen molar-refractivity contribution < 1.29 is 42.6 Å². The molecule has 4 aliphatic rings. The van der Waals surface area contributed by atoms with Crippen LogP contribution >= 0.6 is 0 Å². The molecular formula is C48H56FN7O9. The Kier molecular flexibility index (Phi) is 13.6. The highest BCUT2D eigenvalue weighted by Crippen LogP contribution is 2.35. The maximum Gasteiger partial charge on any atom is 0.329 e. The molecule has 65 heavy (non-hydrogen) atoms. The molecule has 0 spiro atoms. The molecule has 4 atom stereocenters. The van der Waals surface area contributed by atoms with E-state index in [0.717, 1.165) is 62.4 Å². The number of ether oxygens (including phenoxy) is 3. The van der Waals surface area contributed by atoms with E-state index in [-0.39, 0.29) is 65.7 Å². The number of fused-ring (bicyclic) bond motifs is 2. The minimum atomic E-state index is -1.60. The summed E-state index contributed by atoms with van der Waals surface area (Å²) in [5.41, 5.74) is 8.61. The van der Waals surface area contributed by atoms with Gasteiger partial charge >= 0.3 is 5.69 Å². The topological polar surface area (TPSA) is 206 Å². The van der Waals surface area contributed by atoms with E-state index in [9.17, 15) is 33.2 Å². The first-order valence-corrected chi connectivity index (χ1v) is 22.7. The molecule has 5 heterocycles. The Morgan fingerprint density at radius 1 is 0.969 bits per heavy atom. The van der Waals surface area contributed by atoms with Crippen molar-refractivity contribution in [2.75, 3.05) is 33.4 Å². The fraction of sp³-hybridized carbons (Fsp3) is 0.521. The van der Waals surface area contributed by atoms with Crippen LogP contribution in [0.1, 0.15) is 98.7 Å². The van der Waals surface area contributed by atoms with Crippen LogP contribution in [-0.2, 0) is 37.4 Å². The lowest BCUT2D eigenvalue weighted by Crippen LogP contribution is -2.44. The Morgan fingerprint density at radius 2 is 1.74 bits per heavy atom. The Bertz CT molecular complexity index is 2630. The lowest BCUT2D eigenvalue weighted by Gasteiger charge is -2.35. The summed E-state index contributed by atoms with van der Waals surface area (Å²) in [6, 6.07) is 7.82. The zero-order valence-corrected chi connectivity index (χ0v) is 37.0. The number of piperidine rings is 2. The van der Waals surface area contributed by atoms with Gasteiger partial charge in [0, 0.05) is 67.9 Å². The zero-order valence-electron chi connectivity index (χ0n) is 37.0. The number of benzene rings is 2. The highest BCUT2D eigenvalue weighted by molar-refractivity contribution is 6.03. The molecule has 0 radical (unpaired) electrons. The van der Waals surface area contributed by atoms with Crippen molar-refractivity contribution in [1.29, 1.82) is 0 Å². The minimum Gasteiger partial charge on any atom is -0.496 e. The quantitative estimate of drug-likeness (QED) is 0.0999. The number of primary amides is 1. The van der Waals surface area contributed by atoms with Crippen LogP contribution in [0.15, 0.2) is 41.3 Å². The lowest BCUT2D eigenvalue weighted by atomic mass is 9.81. The second-order valence-corrected chi connectivity index (χ2v) is 17.7. The smallest absolute Gasteiger partial charge is 0.329 e. The number of nitrogens with two attached hydrogens (primary N) is 1. The van der Waals surface area contributed by atoms with E-state index in [1.165, 1.54) is 11.7 Å². The van der Waals surface area contributed by atoms with Gasteiger partial charge in [-0.1, -0.05) is 24.8 Å². The number of imidazole rings is 1. The summed E-state index contributed by atoms with van der Waals surface area (Å²) in [6.07, 6.45) is 7.11. The summed E-state index contributed by atoms with van der Waals surface area (Å²) in [4.78, 5) is 81.9. The van der Waals surface area contributed by atoms with Crippen molar-refractivity contribution >= 4 is 51.3 Å². The molecule has 1 aliphatic carbocycles. The number of rotatable bonds is 13. The summed E-state index contributed by atoms with van der Waals surface area (Å²) in [5, 5.41) is 6.13. The lowest BCUT2D eigenvalue weighted by molar-refractivity contribution is -0.139. The molecule has 4 fully saturated rings. The molecule has 3 saturated heterocycles. The molecule has 5 amide bonds. The molecule has 4 N–H and O–H groups in total. The van der Waals surface area contributed by atoms with Gasteiger partial charge in [-0.3, -0.25) is 38.4 Å². The molecule has 4 aromatic rings. The first-order valence-electron chi connectivity index (χ1n) is 22.7. The van der Waals surface area contributed by atoms with Gasteiger partial charge < -0.3 is 30.2 Å². The molecule has 16 nitrogen and oxygen atoms in total. The van der Waals surface area contributed by atoms with Crippen molar-refractivity contribution in [3.05, 3.63) is 63.7 Å². The predicted molar refractivity (Wildman–Crippen MR) is 238 cm³/mol. The number of hydrogen-bond acceptors (Lipinski definition) is 10. The SMILES string of the molecule is CC[C@H]1C(COc2ncc(C#CC3CCC(C(=O)N4CCC(OCCCc5ccc6c(c5)n(C)c(=O)n6C5CCC(=O)NC5=O)CC4)CC3)c3cc(C(N)=O)c(OC)cc23)NC(=O)[C@H]1F. The molecule has 8 rings (SSSR count). The highest BCUT2D eigenvalue weighted by atomic mass is 19.1. The average molecular weight is 894 g/mol. The first-order chi connectivity index (χ1) is 31.3. The van der Waals surface area contributed by atoms with Crippen LogP contribution in [0.2, 0.25) is 0 Å². The summed E-state index contributed by atoms with van der Waals surface area (Å²) in [6.45, 7) is 3.71. The number of alkyl halides is 1. The molecule has 0 bridgehead atoms. The predicted octanol–water partition coefficient (Wildman–Crippen LogP) is 4.01. The third kappa shape index (κ3) is 9.45. The second kappa shape index (κ2) is 19.4. The van der Waals surface area contributed by atoms with Crippen LogP contribution in [0.5, 0.6) is 11.6 Å². The van der Waals surface area contributed by atoms with E-state index in [4.69, 9.17) is 19.9 Å². The molecule has 2 aromatic carbocycles. The number of likely N-dealkylation sites (tertiary alicyclic amines) is 1. The Labute approximate surface area is 375 Å². The first kappa shape index (κ1) is 45.3. The van der Waals surface area contributed by atoms with Crippen LogP contribution in [0.4, 0.5) is 4.39 Å². The van der Waals surface area contributed by atoms with Gasteiger partial charge in [-0.25, -0.2) is 14.2 Å². The number of nitrogens with zero attached hydrogens (tertiary/aromatic N) is 4. The number of methoxy groups -OCH3 is 1. The van der Waals surface area contributed by atoms with Gasteiger partial charge in [-0.05, 0) is 94.0 Å². The van der Waals surface area contributed by atoms with Crippen molar-refractivity contribution in [1.82, 2.24) is 29.7 Å². The van der Waals surface area contributed by atoms with E-state index < -0.39 is 41.9 Å². The van der Waals surface area contributed by atoms with Crippen molar-refractivity contribution in [2.45, 2.75) is 102 Å². The van der Waals surface area contributed by atoms with E-state index in [2.05, 4.69) is 27.5 Å². The van der Waals surface area contributed by atoms with E-state index >= 15 is 0 Å². The number of amides is 5. The van der Waals surface area contributed by atoms with Gasteiger partial charge in [0.05, 0.1) is 41.4 Å². The molecule has 344 valence electrons. The summed E-state index contributed by atoms with van der Waals surface area (Å²) in [7, 11) is 3.12. The summed E-state index contributed by atoms with van der Waals surface area (Å²) in [5.74, 6) is 4.70. The third-order valence-corrected chi connectivity index (χ3v) is 13.7. The van der Waals surface area contributed by atoms with Crippen LogP contribution in [-0.4, -0.2) is 100 Å². The van der Waals surface area contributed by atoms with Gasteiger partial charge in [0.15, 0.2) is 6.17 Å². The number of imide groups is 1. The monoisotopic (exact) mass is 893 g/mol. The molecular weight excluding hydrogens is 838 g/mol. The van der Waals surface area contributed by atoms with E-state index in [1.54, 1.807) is 29.9 Å². The van der Waals surface area contributed by atoms with Crippen LogP contribution in [0.3, 0.4) is 0 Å². The average Bonchev–Trinajstić information content (AvgIpc) is 3.73. The fourth-order valence-corrected chi connectivity index (χ4v) is 9.90. The second-order valence-electron chi connectivity index (χ2n) is 17.7. The van der Waals surface area contributed by atoms with Gasteiger partial charge in [-0.2, -0.15) is 0 Å². The number of pyridine rings is 1. The van der Waals surface area contributed by atoms with Crippen LogP contribution < -0.4 is 31.5 Å². The zero-order chi connectivity index (χ0) is 45.9. The van der Waals surface area contributed by atoms with Gasteiger partial charge in [0.25, 0.3) is 11.8 Å². The Hall–Kier alpha value is -6.28. The molecule has 3 aliphatic heterocycles. The standard InChI is InChI=1S/C48H56FN7O9/c1-4-32-36(52-45(60)42(32)49)26-65-46-34-24-40(63-3)35(43(50)58)23-33(34)30(25-51-46)13-9-27-7-11-29(12-8-27)47(61)55-19-17-31(18-20-55)64-21-5-6-28-10-14-37-39(22-28)54(2)48(62)56(37)38-15-16-41(57)53-44(38)59/h10,14,22-25,27,29,31-32,36,38,42H,4-8,11-12,15-21,26H2,1-3H3,(H2,50,58)(H,52,60)(H,53,57,59)/t27?,29?,32-,36?,38?,42-/m0/s1. The van der Waals surface area contributed by atoms with E-state index in [0.29, 0.717) is 54.4 Å². The molecule has 2 unspecified atom stereocenters. The summed E-state index contributed by atoms with van der Waals surface area (Å²) >= 11 is 0. The number of halogens is 1. The third-order valence-electron chi connectivity index (χ3n) is 13.7. The molecule has 1 saturated carbocycles. The summed E-state index contributed by atoms with van der Waals surface area (Å²) < 4.78 is 35.3. The number of nitrogens with one attached hydrogen (secondary N) is 2. The van der Waals surface area contributed by atoms with Crippen molar-refractivity contribution in [3.8, 4) is 23.5 Å². The van der Waals surface area contributed by atoms with Crippen LogP contribution in [0.25, 0.3) is 21.8 Å². The fourth-order valence-electron chi connectivity index (χ4n) is 9.90.